The molecule has 0 aromatic heterocycles. The average molecular weight is 666 g/mol. The van der Waals surface area contributed by atoms with E-state index in [-0.39, 0.29) is 24.2 Å². The molecule has 4 unspecified atom stereocenters. The molecule has 1 saturated heterocycles. The molecule has 0 saturated carbocycles. The van der Waals surface area contributed by atoms with Crippen molar-refractivity contribution in [1.29, 1.82) is 0 Å². The Bertz CT molecular complexity index is 2030. The van der Waals surface area contributed by atoms with Crippen LogP contribution >= 0.6 is 12.2 Å². The van der Waals surface area contributed by atoms with Crippen LogP contribution in [0.15, 0.2) is 123 Å². The van der Waals surface area contributed by atoms with Gasteiger partial charge in [-0.15, -0.1) is 0 Å². The minimum Gasteiger partial charge on any atom is -0.368 e. The normalized spacial score (nSPS) is 27.5. The second kappa shape index (κ2) is 13.7. The number of aliphatic imine (C=N–C) groups is 1. The Kier molecular flexibility index (Phi) is 8.98. The summed E-state index contributed by atoms with van der Waals surface area (Å²) in [5, 5.41) is 2.23. The predicted octanol–water partition coefficient (Wildman–Crippen LogP) is 8.63. The number of allylic oxidation sites excluding steroid dienone is 13. The number of nitrogens with two attached hydrogens (primary N) is 2. The standard InChI is InChI=1S/C43H43N3O2S/c44-42-32(27-10-5-2-6-11-27)18-21-35(43(42)45)39(49)13-7-12-28-14-15-29(26-8-3-1-4-9-26)22-36(28)46-37-23-30-16-17-31(24-47)41-34(38-25-48-38)20-19-33(37)40(30)41/h1-3,5,8,10,12,16-22,24,37-38,42-43H,4,6-7,9,11,13-15,23,25,44-45H2/b28-12-,46-36?. The smallest absolute Gasteiger partial charge is 0.150 e. The fraction of sp³-hybridized carbons (Fsp3) is 0.326. The van der Waals surface area contributed by atoms with E-state index < -0.39 is 0 Å². The molecule has 6 aliphatic rings. The lowest BCUT2D eigenvalue weighted by Crippen LogP contribution is -2.47. The lowest BCUT2D eigenvalue weighted by molar-refractivity contribution is 0.112. The van der Waals surface area contributed by atoms with Crippen LogP contribution in [0, 0.1) is 0 Å². The Morgan fingerprint density at radius 1 is 0.878 bits per heavy atom. The van der Waals surface area contributed by atoms with Gasteiger partial charge in [0, 0.05) is 16.5 Å². The van der Waals surface area contributed by atoms with Crippen molar-refractivity contribution in [3.05, 3.63) is 141 Å². The first-order valence-electron chi connectivity index (χ1n) is 17.8. The molecule has 4 N–H and O–H groups in total. The van der Waals surface area contributed by atoms with Crippen molar-refractivity contribution in [2.45, 2.75) is 82.0 Å². The molecule has 6 heteroatoms. The average Bonchev–Trinajstić information content (AvgIpc) is 3.93. The minimum atomic E-state index is -0.305. The van der Waals surface area contributed by atoms with Crippen LogP contribution in [-0.2, 0) is 11.2 Å². The second-order valence-electron chi connectivity index (χ2n) is 14.0. The predicted molar refractivity (Wildman–Crippen MR) is 204 cm³/mol. The molecule has 1 aliphatic heterocycles. The Hall–Kier alpha value is -4.07. The molecular weight excluding hydrogens is 623 g/mol. The van der Waals surface area contributed by atoms with E-state index in [0.29, 0.717) is 6.61 Å². The number of rotatable bonds is 9. The molecule has 2 aromatic rings. The van der Waals surface area contributed by atoms with Crippen molar-refractivity contribution >= 4 is 39.9 Å². The molecule has 1 heterocycles. The van der Waals surface area contributed by atoms with Crippen molar-refractivity contribution in [3.8, 4) is 0 Å². The van der Waals surface area contributed by atoms with Crippen LogP contribution in [0.4, 0.5) is 0 Å². The number of thiocarbonyl (C=S) groups is 1. The first-order chi connectivity index (χ1) is 24.0. The van der Waals surface area contributed by atoms with Gasteiger partial charge in [0.25, 0.3) is 0 Å². The van der Waals surface area contributed by atoms with Gasteiger partial charge in [0.05, 0.1) is 24.4 Å². The third-order valence-corrected chi connectivity index (χ3v) is 11.4. The van der Waals surface area contributed by atoms with Gasteiger partial charge >= 0.3 is 0 Å². The van der Waals surface area contributed by atoms with Gasteiger partial charge in [0.2, 0.25) is 0 Å². The van der Waals surface area contributed by atoms with Crippen molar-refractivity contribution in [2.75, 3.05) is 6.61 Å². The summed E-state index contributed by atoms with van der Waals surface area (Å²) in [4.78, 5) is 18.5. The van der Waals surface area contributed by atoms with Gasteiger partial charge in [-0.3, -0.25) is 9.79 Å². The Morgan fingerprint density at radius 3 is 2.39 bits per heavy atom. The first-order valence-corrected chi connectivity index (χ1v) is 18.2. The van der Waals surface area contributed by atoms with Gasteiger partial charge in [-0.1, -0.05) is 91.2 Å². The highest BCUT2D eigenvalue weighted by atomic mass is 32.1. The molecule has 8 rings (SSSR count). The third kappa shape index (κ3) is 6.28. The highest BCUT2D eigenvalue weighted by Crippen LogP contribution is 2.46. The zero-order valence-electron chi connectivity index (χ0n) is 27.9. The van der Waals surface area contributed by atoms with Crippen LogP contribution in [-0.4, -0.2) is 35.6 Å². The molecule has 5 aliphatic carbocycles. The second-order valence-corrected chi connectivity index (χ2v) is 14.4. The molecule has 248 valence electrons. The molecule has 0 bridgehead atoms. The SMILES string of the molecule is NC1C(C(=S)CC/C=C2/CCC(C3=CC=CCC3)=CC2=NC2Cc3ccc(C=O)c4c(C5CO5)ccc2c34)=CC=C(C2=CC=CCC2)C1N. The van der Waals surface area contributed by atoms with Gasteiger partial charge < -0.3 is 16.2 Å². The van der Waals surface area contributed by atoms with Crippen LogP contribution in [0.25, 0.3) is 10.8 Å². The number of carbonyl (C=O) groups is 1. The van der Waals surface area contributed by atoms with E-state index in [4.69, 9.17) is 33.4 Å². The van der Waals surface area contributed by atoms with E-state index in [2.05, 4.69) is 79.0 Å². The maximum atomic E-state index is 12.1. The van der Waals surface area contributed by atoms with Crippen molar-refractivity contribution in [2.24, 2.45) is 16.5 Å². The summed E-state index contributed by atoms with van der Waals surface area (Å²) in [6.07, 6.45) is 31.6. The van der Waals surface area contributed by atoms with E-state index in [0.717, 1.165) is 102 Å². The van der Waals surface area contributed by atoms with Crippen LogP contribution in [0.2, 0.25) is 0 Å². The zero-order chi connectivity index (χ0) is 33.5. The number of benzene rings is 2. The number of ether oxygens (including phenoxy) is 1. The van der Waals surface area contributed by atoms with Crippen molar-refractivity contribution in [3.63, 3.8) is 0 Å². The van der Waals surface area contributed by atoms with Crippen LogP contribution < -0.4 is 11.5 Å². The molecule has 0 amide bonds. The molecule has 4 atom stereocenters. The first kappa shape index (κ1) is 32.2. The zero-order valence-corrected chi connectivity index (χ0v) is 28.7. The molecule has 0 radical (unpaired) electrons. The van der Waals surface area contributed by atoms with Crippen LogP contribution in [0.1, 0.15) is 90.6 Å². The summed E-state index contributed by atoms with van der Waals surface area (Å²) >= 11 is 5.97. The third-order valence-electron chi connectivity index (χ3n) is 11.0. The molecule has 2 aromatic carbocycles. The van der Waals surface area contributed by atoms with E-state index >= 15 is 0 Å². The van der Waals surface area contributed by atoms with Gasteiger partial charge in [-0.25, -0.2) is 0 Å². The van der Waals surface area contributed by atoms with E-state index in [9.17, 15) is 4.79 Å². The maximum absolute atomic E-state index is 12.1. The van der Waals surface area contributed by atoms with Crippen LogP contribution in [0.3, 0.4) is 0 Å². The van der Waals surface area contributed by atoms with E-state index in [1.54, 1.807) is 0 Å². The summed E-state index contributed by atoms with van der Waals surface area (Å²) in [7, 11) is 0. The van der Waals surface area contributed by atoms with Crippen molar-refractivity contribution in [1.82, 2.24) is 0 Å². The molecule has 49 heavy (non-hydrogen) atoms. The Morgan fingerprint density at radius 2 is 1.65 bits per heavy atom. The number of nitrogens with zero attached hydrogens (tertiary/aromatic N) is 1. The fourth-order valence-electron chi connectivity index (χ4n) is 8.22. The molecule has 5 nitrogen and oxygen atoms in total. The number of hydrogen-bond donors (Lipinski definition) is 2. The molecule has 0 spiro atoms. The van der Waals surface area contributed by atoms with Crippen LogP contribution in [0.5, 0.6) is 0 Å². The molecule has 1 fully saturated rings. The van der Waals surface area contributed by atoms with E-state index in [1.165, 1.54) is 38.8 Å². The van der Waals surface area contributed by atoms with Gasteiger partial charge in [-0.2, -0.15) is 0 Å². The maximum Gasteiger partial charge on any atom is 0.150 e. The summed E-state index contributed by atoms with van der Waals surface area (Å²) in [5.74, 6) is 0. The number of hydrogen-bond acceptors (Lipinski definition) is 6. The lowest BCUT2D eigenvalue weighted by atomic mass is 9.81. The number of aldehydes is 1. The topological polar surface area (TPSA) is 94.0 Å². The number of epoxide rings is 1. The minimum absolute atomic E-state index is 0.00786. The quantitative estimate of drug-likeness (QED) is 0.159. The Balaban J connectivity index is 1.08. The monoisotopic (exact) mass is 665 g/mol. The lowest BCUT2D eigenvalue weighted by Gasteiger charge is -2.30. The van der Waals surface area contributed by atoms with Gasteiger partial charge in [0.15, 0.2) is 6.29 Å². The summed E-state index contributed by atoms with van der Waals surface area (Å²) in [6.45, 7) is 0.711. The highest BCUT2D eigenvalue weighted by molar-refractivity contribution is 7.80. The van der Waals surface area contributed by atoms with Crippen molar-refractivity contribution < 1.29 is 9.53 Å². The largest absolute Gasteiger partial charge is 0.368 e. The van der Waals surface area contributed by atoms with Gasteiger partial charge in [0.1, 0.15) is 6.10 Å². The summed E-state index contributed by atoms with van der Waals surface area (Å²) in [6, 6.07) is 7.89. The highest BCUT2D eigenvalue weighted by Gasteiger charge is 2.33. The van der Waals surface area contributed by atoms with Gasteiger partial charge in [-0.05, 0) is 125 Å². The summed E-state index contributed by atoms with van der Waals surface area (Å²) < 4.78 is 5.67. The molecular formula is C43H43N3O2S. The summed E-state index contributed by atoms with van der Waals surface area (Å²) in [5.41, 5.74) is 26.2. The fourth-order valence-corrected chi connectivity index (χ4v) is 8.55. The Labute approximate surface area is 294 Å². The number of carbonyl (C=O) groups excluding carboxylic acids is 1. The van der Waals surface area contributed by atoms with E-state index in [1.807, 2.05) is 6.07 Å².